The third kappa shape index (κ3) is 5.30. The van der Waals surface area contributed by atoms with Gasteiger partial charge in [-0.1, -0.05) is 29.8 Å². The first-order chi connectivity index (χ1) is 17.2. The van der Waals surface area contributed by atoms with Gasteiger partial charge in [0.05, 0.1) is 26.0 Å². The number of anilines is 2. The number of benzene rings is 2. The molecule has 0 spiro atoms. The van der Waals surface area contributed by atoms with Crippen LogP contribution in [0.15, 0.2) is 64.4 Å². The molecular weight excluding hydrogens is 464 g/mol. The highest BCUT2D eigenvalue weighted by atomic mass is 16.5. The van der Waals surface area contributed by atoms with E-state index in [1.54, 1.807) is 18.2 Å². The molecule has 11 heteroatoms. The van der Waals surface area contributed by atoms with Gasteiger partial charge in [0.25, 0.3) is 0 Å². The molecule has 4 aromatic rings. The smallest absolute Gasteiger partial charge is 0.358 e. The number of ether oxygens (including phenoxy) is 2. The number of nitrogens with one attached hydrogen (secondary N) is 1. The van der Waals surface area contributed by atoms with Gasteiger partial charge >= 0.3 is 17.3 Å². The van der Waals surface area contributed by atoms with Crippen LogP contribution in [0.25, 0.3) is 0 Å². The number of aromatic nitrogens is 5. The summed E-state index contributed by atoms with van der Waals surface area (Å²) in [6.45, 7) is 4.03. The van der Waals surface area contributed by atoms with Gasteiger partial charge in [-0.3, -0.25) is 9.55 Å². The molecule has 0 aliphatic carbocycles. The molecule has 0 atom stereocenters. The molecule has 0 amide bonds. The fraction of sp³-hybridized carbons (Fsp3) is 0.200. The maximum atomic E-state index is 12.9. The molecule has 4 rings (SSSR count). The zero-order chi connectivity index (χ0) is 25.8. The number of nitrogens with zero attached hydrogens (tertiary/aromatic N) is 5. The Morgan fingerprint density at radius 2 is 1.78 bits per heavy atom. The van der Waals surface area contributed by atoms with E-state index in [9.17, 15) is 14.4 Å². The van der Waals surface area contributed by atoms with Gasteiger partial charge in [-0.15, -0.1) is 0 Å². The molecule has 2 aromatic heterocycles. The van der Waals surface area contributed by atoms with Crippen molar-refractivity contribution in [1.82, 2.24) is 24.1 Å². The third-order valence-corrected chi connectivity index (χ3v) is 5.38. The molecule has 184 valence electrons. The van der Waals surface area contributed by atoms with E-state index in [1.165, 1.54) is 31.1 Å². The van der Waals surface area contributed by atoms with Crippen molar-refractivity contribution in [1.29, 1.82) is 0 Å². The van der Waals surface area contributed by atoms with Crippen LogP contribution >= 0.6 is 0 Å². The molecule has 0 saturated heterocycles. The Hall–Kier alpha value is -4.80. The molecule has 2 aromatic carbocycles. The lowest BCUT2D eigenvalue weighted by atomic mass is 10.1. The summed E-state index contributed by atoms with van der Waals surface area (Å²) >= 11 is 0. The van der Waals surface area contributed by atoms with Crippen LogP contribution < -0.4 is 21.4 Å². The van der Waals surface area contributed by atoms with Crippen molar-refractivity contribution in [2.45, 2.75) is 20.4 Å². The quantitative estimate of drug-likeness (QED) is 0.390. The number of esters is 1. The number of aryl methyl sites for hydroxylation is 2. The molecule has 0 aliphatic heterocycles. The van der Waals surface area contributed by atoms with Gasteiger partial charge in [0.15, 0.2) is 5.69 Å². The number of carbonyl (C=O) groups excluding carboxylic acids is 1. The average molecular weight is 489 g/mol. The Morgan fingerprint density at radius 3 is 2.47 bits per heavy atom. The van der Waals surface area contributed by atoms with Gasteiger partial charge in [0.2, 0.25) is 11.8 Å². The maximum absolute atomic E-state index is 12.9. The minimum atomic E-state index is -0.664. The van der Waals surface area contributed by atoms with E-state index in [1.807, 2.05) is 38.1 Å². The van der Waals surface area contributed by atoms with E-state index in [2.05, 4.69) is 25.0 Å². The van der Waals surface area contributed by atoms with Crippen LogP contribution in [0.5, 0.6) is 11.6 Å². The number of rotatable bonds is 7. The zero-order valence-electron chi connectivity index (χ0n) is 20.2. The fourth-order valence-electron chi connectivity index (χ4n) is 3.38. The lowest BCUT2D eigenvalue weighted by Crippen LogP contribution is -2.41. The Morgan fingerprint density at radius 1 is 1.03 bits per heavy atom. The van der Waals surface area contributed by atoms with Gasteiger partial charge in [-0.2, -0.15) is 4.98 Å². The van der Waals surface area contributed by atoms with E-state index in [0.717, 1.165) is 21.3 Å². The summed E-state index contributed by atoms with van der Waals surface area (Å²) in [5, 5.41) is 3.07. The maximum Gasteiger partial charge on any atom is 0.358 e. The Labute approximate surface area is 206 Å². The van der Waals surface area contributed by atoms with Crippen LogP contribution in [0.2, 0.25) is 0 Å². The first-order valence-electron chi connectivity index (χ1n) is 10.9. The van der Waals surface area contributed by atoms with E-state index in [-0.39, 0.29) is 24.1 Å². The number of methoxy groups -OCH3 is 1. The van der Waals surface area contributed by atoms with E-state index >= 15 is 0 Å². The fourth-order valence-corrected chi connectivity index (χ4v) is 3.38. The van der Waals surface area contributed by atoms with Crippen molar-refractivity contribution in [2.24, 2.45) is 7.05 Å². The minimum absolute atomic E-state index is 0.0224. The number of hydrogen-bond donors (Lipinski definition) is 1. The molecule has 0 fully saturated rings. The summed E-state index contributed by atoms with van der Waals surface area (Å²) in [6, 6.07) is 12.9. The minimum Gasteiger partial charge on any atom is -0.464 e. The second-order valence-electron chi connectivity index (χ2n) is 8.07. The van der Waals surface area contributed by atoms with Gasteiger partial charge in [0, 0.05) is 12.7 Å². The number of hydrogen-bond acceptors (Lipinski definition) is 9. The molecule has 0 bridgehead atoms. The van der Waals surface area contributed by atoms with Crippen LogP contribution in [-0.4, -0.2) is 37.2 Å². The highest BCUT2D eigenvalue weighted by Crippen LogP contribution is 2.27. The lowest BCUT2D eigenvalue weighted by molar-refractivity contribution is 0.0592. The predicted molar refractivity (Wildman–Crippen MR) is 132 cm³/mol. The summed E-state index contributed by atoms with van der Waals surface area (Å²) in [5.74, 6) is 0.100. The summed E-state index contributed by atoms with van der Waals surface area (Å²) in [6.07, 6.45) is 2.66. The normalized spacial score (nSPS) is 10.7. The van der Waals surface area contributed by atoms with Crippen molar-refractivity contribution < 1.29 is 14.3 Å². The second-order valence-corrected chi connectivity index (χ2v) is 8.07. The highest BCUT2D eigenvalue weighted by molar-refractivity contribution is 5.86. The monoisotopic (exact) mass is 488 g/mol. The molecule has 0 radical (unpaired) electrons. The Kier molecular flexibility index (Phi) is 6.91. The third-order valence-electron chi connectivity index (χ3n) is 5.38. The largest absolute Gasteiger partial charge is 0.464 e. The van der Waals surface area contributed by atoms with Crippen LogP contribution in [-0.2, 0) is 18.3 Å². The molecule has 0 aliphatic rings. The van der Waals surface area contributed by atoms with Gasteiger partial charge < -0.3 is 14.8 Å². The van der Waals surface area contributed by atoms with E-state index in [0.29, 0.717) is 11.4 Å². The summed E-state index contributed by atoms with van der Waals surface area (Å²) in [7, 11) is 2.65. The lowest BCUT2D eigenvalue weighted by Gasteiger charge is -2.15. The van der Waals surface area contributed by atoms with Crippen LogP contribution in [0.3, 0.4) is 0 Å². The molecule has 2 heterocycles. The van der Waals surface area contributed by atoms with E-state index in [4.69, 9.17) is 4.74 Å². The predicted octanol–water partition coefficient (Wildman–Crippen LogP) is 2.72. The Bertz CT molecular complexity index is 1540. The summed E-state index contributed by atoms with van der Waals surface area (Å²) in [4.78, 5) is 48.9. The first kappa shape index (κ1) is 24.3. The van der Waals surface area contributed by atoms with E-state index < -0.39 is 17.3 Å². The Balaban J connectivity index is 1.61. The van der Waals surface area contributed by atoms with Crippen molar-refractivity contribution in [3.8, 4) is 11.6 Å². The molecule has 0 saturated carbocycles. The van der Waals surface area contributed by atoms with Crippen molar-refractivity contribution in [3.05, 3.63) is 98.2 Å². The first-order valence-corrected chi connectivity index (χ1v) is 10.9. The molecule has 1 N–H and O–H groups in total. The molecule has 36 heavy (non-hydrogen) atoms. The topological polar surface area (TPSA) is 130 Å². The average Bonchev–Trinajstić information content (AvgIpc) is 2.87. The van der Waals surface area contributed by atoms with Gasteiger partial charge in [-0.25, -0.2) is 23.9 Å². The second kappa shape index (κ2) is 10.2. The van der Waals surface area contributed by atoms with Crippen LogP contribution in [0.4, 0.5) is 11.6 Å². The zero-order valence-corrected chi connectivity index (χ0v) is 20.2. The highest BCUT2D eigenvalue weighted by Gasteiger charge is 2.14. The van der Waals surface area contributed by atoms with Crippen molar-refractivity contribution >= 4 is 17.6 Å². The van der Waals surface area contributed by atoms with Gasteiger partial charge in [-0.05, 0) is 43.2 Å². The van der Waals surface area contributed by atoms with Crippen molar-refractivity contribution in [2.75, 3.05) is 12.4 Å². The summed E-state index contributed by atoms with van der Waals surface area (Å²) in [5.41, 5.74) is 2.18. The standard InChI is InChI=1S/C25H24N6O5/c1-15-5-7-17(8-6-15)14-31-23(29-24(33)30(3)25(31)34)27-18-9-10-20(16(2)11-18)36-21-13-26-12-19(28-21)22(32)35-4/h5-13H,14H2,1-4H3,(H,27,29,33). The molecular formula is C25H24N6O5. The number of carbonyl (C=O) groups is 1. The molecule has 0 unspecified atom stereocenters. The van der Waals surface area contributed by atoms with Crippen molar-refractivity contribution in [3.63, 3.8) is 0 Å². The van der Waals surface area contributed by atoms with Gasteiger partial charge in [0.1, 0.15) is 5.75 Å². The SMILES string of the molecule is COC(=O)c1cncc(Oc2ccc(Nc3nc(=O)n(C)c(=O)n3Cc3ccc(C)cc3)cc2C)n1. The van der Waals surface area contributed by atoms with Crippen LogP contribution in [0.1, 0.15) is 27.2 Å². The van der Waals surface area contributed by atoms with Crippen LogP contribution in [0, 0.1) is 13.8 Å². The molecule has 11 nitrogen and oxygen atoms in total. The summed E-state index contributed by atoms with van der Waals surface area (Å²) < 4.78 is 12.8.